The van der Waals surface area contributed by atoms with Crippen molar-refractivity contribution in [2.24, 2.45) is 11.7 Å². The molecule has 1 aliphatic rings. The molecule has 1 fully saturated rings. The van der Waals surface area contributed by atoms with Gasteiger partial charge in [0, 0.05) is 13.1 Å². The second kappa shape index (κ2) is 7.93. The Kier molecular flexibility index (Phi) is 6.82. The number of hydrogen-bond acceptors (Lipinski definition) is 2. The summed E-state index contributed by atoms with van der Waals surface area (Å²) in [5, 5.41) is 0. The van der Waals surface area contributed by atoms with Gasteiger partial charge in [-0.3, -0.25) is 4.79 Å². The third-order valence-corrected chi connectivity index (χ3v) is 4.11. The van der Waals surface area contributed by atoms with Gasteiger partial charge in [-0.2, -0.15) is 0 Å². The molecular weight excluding hydrogens is 303 g/mol. The lowest BCUT2D eigenvalue weighted by Crippen LogP contribution is -2.53. The van der Waals surface area contributed by atoms with Gasteiger partial charge in [-0.05, 0) is 63.1 Å². The number of nitrogens with two attached hydrogens (primary N) is 1. The average Bonchev–Trinajstić information content (AvgIpc) is 2.45. The fraction of sp³-hybridized carbons (Fsp3) is 0.588. The molecule has 1 amide bonds. The van der Waals surface area contributed by atoms with Crippen LogP contribution in [0, 0.1) is 11.7 Å². The van der Waals surface area contributed by atoms with E-state index >= 15 is 0 Å². The molecule has 2 N–H and O–H groups in total. The highest BCUT2D eigenvalue weighted by molar-refractivity contribution is 5.85. The Balaban J connectivity index is 0.00000242. The number of halogens is 2. The van der Waals surface area contributed by atoms with Crippen LogP contribution in [0.2, 0.25) is 0 Å². The Morgan fingerprint density at radius 3 is 2.59 bits per heavy atom. The van der Waals surface area contributed by atoms with Gasteiger partial charge in [0.2, 0.25) is 5.91 Å². The van der Waals surface area contributed by atoms with E-state index in [1.807, 2.05) is 17.0 Å². The molecule has 22 heavy (non-hydrogen) atoms. The first-order valence-corrected chi connectivity index (χ1v) is 7.69. The maximum Gasteiger partial charge on any atom is 0.242 e. The number of aryl methyl sites for hydroxylation is 1. The van der Waals surface area contributed by atoms with Crippen molar-refractivity contribution in [1.29, 1.82) is 0 Å². The summed E-state index contributed by atoms with van der Waals surface area (Å²) >= 11 is 0. The molecule has 1 saturated heterocycles. The molecule has 0 aromatic heterocycles. The van der Waals surface area contributed by atoms with Crippen molar-refractivity contribution < 1.29 is 9.18 Å². The smallest absolute Gasteiger partial charge is 0.242 e. The van der Waals surface area contributed by atoms with E-state index in [0.29, 0.717) is 5.92 Å². The van der Waals surface area contributed by atoms with Crippen LogP contribution in [0.5, 0.6) is 0 Å². The molecule has 1 aliphatic heterocycles. The molecule has 1 heterocycles. The first-order chi connectivity index (χ1) is 9.86. The molecule has 1 unspecified atom stereocenters. The molecule has 0 saturated carbocycles. The SMILES string of the molecule is CC(C)(N)C(=O)N1CCCC(CCc2ccc(F)cc2)C1.Cl. The van der Waals surface area contributed by atoms with Crippen molar-refractivity contribution in [2.75, 3.05) is 13.1 Å². The van der Waals surface area contributed by atoms with Crippen molar-refractivity contribution in [3.05, 3.63) is 35.6 Å². The number of carbonyl (C=O) groups is 1. The Labute approximate surface area is 138 Å². The molecule has 1 atom stereocenters. The van der Waals surface area contributed by atoms with Gasteiger partial charge in [0.25, 0.3) is 0 Å². The van der Waals surface area contributed by atoms with Crippen molar-refractivity contribution in [3.8, 4) is 0 Å². The molecule has 0 spiro atoms. The molecular formula is C17H26ClFN2O. The van der Waals surface area contributed by atoms with Crippen LogP contribution in [0.25, 0.3) is 0 Å². The standard InChI is InChI=1S/C17H25FN2O.ClH/c1-17(2,19)16(21)20-11-3-4-14(12-20)6-5-13-7-9-15(18)10-8-13;/h7-10,14H,3-6,11-12,19H2,1-2H3;1H. The fourth-order valence-corrected chi connectivity index (χ4v) is 2.91. The zero-order valence-corrected chi connectivity index (χ0v) is 14.2. The summed E-state index contributed by atoms with van der Waals surface area (Å²) in [4.78, 5) is 14.1. The number of hydrogen-bond donors (Lipinski definition) is 1. The van der Waals surface area contributed by atoms with Crippen molar-refractivity contribution in [1.82, 2.24) is 4.90 Å². The van der Waals surface area contributed by atoms with Crippen LogP contribution in [0.15, 0.2) is 24.3 Å². The summed E-state index contributed by atoms with van der Waals surface area (Å²) in [5.74, 6) is 0.349. The number of likely N-dealkylation sites (tertiary alicyclic amines) is 1. The van der Waals surface area contributed by atoms with Gasteiger partial charge in [-0.25, -0.2) is 4.39 Å². The fourth-order valence-electron chi connectivity index (χ4n) is 2.91. The largest absolute Gasteiger partial charge is 0.341 e. The number of benzene rings is 1. The van der Waals surface area contributed by atoms with E-state index in [0.717, 1.165) is 44.3 Å². The van der Waals surface area contributed by atoms with Crippen LogP contribution >= 0.6 is 12.4 Å². The van der Waals surface area contributed by atoms with E-state index in [1.54, 1.807) is 13.8 Å². The summed E-state index contributed by atoms with van der Waals surface area (Å²) in [6.07, 6.45) is 4.14. The highest BCUT2D eigenvalue weighted by Gasteiger charge is 2.31. The minimum atomic E-state index is -0.793. The number of piperidine rings is 1. The van der Waals surface area contributed by atoms with Gasteiger partial charge in [0.05, 0.1) is 5.54 Å². The molecule has 1 aromatic rings. The van der Waals surface area contributed by atoms with Crippen LogP contribution in [0.3, 0.4) is 0 Å². The highest BCUT2D eigenvalue weighted by atomic mass is 35.5. The average molecular weight is 329 g/mol. The molecule has 3 nitrogen and oxygen atoms in total. The van der Waals surface area contributed by atoms with E-state index in [-0.39, 0.29) is 24.1 Å². The lowest BCUT2D eigenvalue weighted by molar-refractivity contribution is -0.137. The van der Waals surface area contributed by atoms with Gasteiger partial charge in [-0.1, -0.05) is 12.1 Å². The van der Waals surface area contributed by atoms with E-state index in [4.69, 9.17) is 5.73 Å². The second-order valence-electron chi connectivity index (χ2n) is 6.65. The molecule has 0 bridgehead atoms. The minimum absolute atomic E-state index is 0. The zero-order chi connectivity index (χ0) is 15.5. The molecule has 5 heteroatoms. The molecule has 1 aromatic carbocycles. The monoisotopic (exact) mass is 328 g/mol. The third-order valence-electron chi connectivity index (χ3n) is 4.11. The predicted molar refractivity (Wildman–Crippen MR) is 89.5 cm³/mol. The van der Waals surface area contributed by atoms with Gasteiger partial charge in [0.1, 0.15) is 5.82 Å². The van der Waals surface area contributed by atoms with E-state index < -0.39 is 5.54 Å². The Morgan fingerprint density at radius 1 is 1.36 bits per heavy atom. The maximum atomic E-state index is 12.9. The summed E-state index contributed by atoms with van der Waals surface area (Å²) in [7, 11) is 0. The zero-order valence-electron chi connectivity index (χ0n) is 13.3. The van der Waals surface area contributed by atoms with Gasteiger partial charge >= 0.3 is 0 Å². The Hall–Kier alpha value is -1.13. The van der Waals surface area contributed by atoms with Crippen LogP contribution in [0.4, 0.5) is 4.39 Å². The van der Waals surface area contributed by atoms with E-state index in [1.165, 1.54) is 12.1 Å². The third kappa shape index (κ3) is 5.25. The Morgan fingerprint density at radius 2 is 2.00 bits per heavy atom. The molecule has 0 radical (unpaired) electrons. The predicted octanol–water partition coefficient (Wildman–Crippen LogP) is 3.16. The number of carbonyl (C=O) groups excluding carboxylic acids is 1. The lowest BCUT2D eigenvalue weighted by atomic mass is 9.90. The molecule has 0 aliphatic carbocycles. The summed E-state index contributed by atoms with van der Waals surface area (Å²) in [6, 6.07) is 6.68. The van der Waals surface area contributed by atoms with Crippen molar-refractivity contribution in [3.63, 3.8) is 0 Å². The van der Waals surface area contributed by atoms with Crippen LogP contribution < -0.4 is 5.73 Å². The topological polar surface area (TPSA) is 46.3 Å². The highest BCUT2D eigenvalue weighted by Crippen LogP contribution is 2.23. The lowest BCUT2D eigenvalue weighted by Gasteiger charge is -2.36. The Bertz CT molecular complexity index is 484. The number of amides is 1. The van der Waals surface area contributed by atoms with Gasteiger partial charge in [0.15, 0.2) is 0 Å². The van der Waals surface area contributed by atoms with Gasteiger partial charge in [-0.15, -0.1) is 12.4 Å². The van der Waals surface area contributed by atoms with Crippen LogP contribution in [-0.4, -0.2) is 29.4 Å². The van der Waals surface area contributed by atoms with Crippen LogP contribution in [0.1, 0.15) is 38.7 Å². The second-order valence-corrected chi connectivity index (χ2v) is 6.65. The van der Waals surface area contributed by atoms with E-state index in [2.05, 4.69) is 0 Å². The van der Waals surface area contributed by atoms with E-state index in [9.17, 15) is 9.18 Å². The molecule has 2 rings (SSSR count). The minimum Gasteiger partial charge on any atom is -0.341 e. The first-order valence-electron chi connectivity index (χ1n) is 7.69. The number of nitrogens with zero attached hydrogens (tertiary/aromatic N) is 1. The van der Waals surface area contributed by atoms with Crippen molar-refractivity contribution >= 4 is 18.3 Å². The van der Waals surface area contributed by atoms with Gasteiger partial charge < -0.3 is 10.6 Å². The van der Waals surface area contributed by atoms with Crippen molar-refractivity contribution in [2.45, 2.75) is 45.1 Å². The quantitative estimate of drug-likeness (QED) is 0.922. The summed E-state index contributed by atoms with van der Waals surface area (Å²) in [5.41, 5.74) is 6.27. The maximum absolute atomic E-state index is 12.9. The number of rotatable bonds is 4. The van der Waals surface area contributed by atoms with Crippen LogP contribution in [-0.2, 0) is 11.2 Å². The summed E-state index contributed by atoms with van der Waals surface area (Å²) in [6.45, 7) is 5.13. The summed E-state index contributed by atoms with van der Waals surface area (Å²) < 4.78 is 12.9. The molecule has 124 valence electrons. The first kappa shape index (κ1) is 18.9. The normalized spacial score (nSPS) is 18.7.